The van der Waals surface area contributed by atoms with E-state index in [-0.39, 0.29) is 60.8 Å². The number of methoxy groups -OCH3 is 1. The summed E-state index contributed by atoms with van der Waals surface area (Å²) in [5, 5.41) is 13.3. The van der Waals surface area contributed by atoms with Gasteiger partial charge in [0.15, 0.2) is 17.4 Å². The van der Waals surface area contributed by atoms with Crippen molar-refractivity contribution in [2.24, 2.45) is 5.92 Å². The molecule has 22 heteroatoms. The van der Waals surface area contributed by atoms with Crippen molar-refractivity contribution in [3.63, 3.8) is 0 Å². The second-order valence-electron chi connectivity index (χ2n) is 14.8. The minimum Gasteiger partial charge on any atom is -0.593 e. The van der Waals surface area contributed by atoms with Crippen LogP contribution in [0.1, 0.15) is 47.7 Å². The molecule has 328 valence electrons. The molecule has 0 radical (unpaired) electrons. The lowest BCUT2D eigenvalue weighted by atomic mass is 10.0. The zero-order valence-corrected chi connectivity index (χ0v) is 34.4. The zero-order chi connectivity index (χ0) is 45.2. The summed E-state index contributed by atoms with van der Waals surface area (Å²) in [5.41, 5.74) is -2.98. The average Bonchev–Trinajstić information content (AvgIpc) is 3.85. The number of halogens is 9. The molecule has 3 N–H and O–H groups in total. The van der Waals surface area contributed by atoms with Gasteiger partial charge in [0.1, 0.15) is 41.6 Å². The Hall–Kier alpha value is -6.19. The number of aromatic nitrogens is 6. The third kappa shape index (κ3) is 7.92. The van der Waals surface area contributed by atoms with Crippen molar-refractivity contribution in [1.29, 1.82) is 0 Å². The molecule has 0 saturated carbocycles. The van der Waals surface area contributed by atoms with Gasteiger partial charge in [0.25, 0.3) is 17.9 Å². The van der Waals surface area contributed by atoms with E-state index in [4.69, 9.17) is 21.3 Å². The van der Waals surface area contributed by atoms with Crippen molar-refractivity contribution < 1.29 is 49.2 Å². The maximum atomic E-state index is 15.5. The highest BCUT2D eigenvalue weighted by atomic mass is 35.5. The van der Waals surface area contributed by atoms with Crippen LogP contribution in [-0.4, -0.2) is 53.4 Å². The summed E-state index contributed by atoms with van der Waals surface area (Å²) < 4.78 is 139. The Morgan fingerprint density at radius 2 is 1.75 bits per heavy atom. The molecule has 1 aliphatic carbocycles. The molecule has 12 nitrogen and oxygen atoms in total. The van der Waals surface area contributed by atoms with E-state index >= 15 is 8.78 Å². The van der Waals surface area contributed by atoms with Crippen LogP contribution < -0.4 is 20.3 Å². The number of benzene rings is 4. The van der Waals surface area contributed by atoms with E-state index in [1.54, 1.807) is 0 Å². The van der Waals surface area contributed by atoms with Crippen LogP contribution in [0.3, 0.4) is 0 Å². The van der Waals surface area contributed by atoms with Gasteiger partial charge in [0, 0.05) is 24.0 Å². The van der Waals surface area contributed by atoms with Gasteiger partial charge in [-0.05, 0) is 71.6 Å². The van der Waals surface area contributed by atoms with Crippen molar-refractivity contribution in [1.82, 2.24) is 34.8 Å². The summed E-state index contributed by atoms with van der Waals surface area (Å²) in [7, 11) is 1.08. The van der Waals surface area contributed by atoms with Crippen molar-refractivity contribution in [2.75, 3.05) is 18.1 Å². The Labute approximate surface area is 358 Å². The van der Waals surface area contributed by atoms with Crippen LogP contribution in [0.4, 0.5) is 40.9 Å². The fourth-order valence-corrected chi connectivity index (χ4v) is 8.51. The van der Waals surface area contributed by atoms with Gasteiger partial charge in [0.05, 0.1) is 57.0 Å². The van der Waals surface area contributed by atoms with Crippen LogP contribution in [0.15, 0.2) is 65.5 Å². The summed E-state index contributed by atoms with van der Waals surface area (Å²) in [6, 6.07) is 9.64. The number of carbonyl (C=O) groups is 1. The molecule has 1 amide bonds. The fraction of sp³-hybridized carbons (Fsp3) is 0.244. The Bertz CT molecular complexity index is 2990. The number of hydrogen-bond acceptors (Lipinski definition) is 8. The number of amides is 1. The number of nitrogens with zero attached hydrogens (tertiary/aromatic N) is 5. The maximum Gasteiger partial charge on any atom is 0.292 e. The molecule has 3 heterocycles. The van der Waals surface area contributed by atoms with Gasteiger partial charge in [-0.1, -0.05) is 24.6 Å². The lowest BCUT2D eigenvalue weighted by Gasteiger charge is -2.24. The molecule has 0 aliphatic heterocycles. The lowest BCUT2D eigenvalue weighted by Crippen LogP contribution is -2.38. The Balaban J connectivity index is 1.35. The van der Waals surface area contributed by atoms with E-state index in [9.17, 15) is 40.5 Å². The number of rotatable bonds is 12. The van der Waals surface area contributed by atoms with Crippen LogP contribution in [0.25, 0.3) is 38.6 Å². The first-order valence-corrected chi connectivity index (χ1v) is 20.7. The van der Waals surface area contributed by atoms with Gasteiger partial charge < -0.3 is 14.6 Å². The monoisotopic (exact) mass is 918 g/mol. The first kappa shape index (κ1) is 43.5. The van der Waals surface area contributed by atoms with Crippen molar-refractivity contribution in [2.45, 2.75) is 44.7 Å². The van der Waals surface area contributed by atoms with Crippen molar-refractivity contribution in [3.05, 3.63) is 128 Å². The minimum atomic E-state index is -3.65. The molecule has 3 aromatic heterocycles. The number of carbonyl (C=O) groups excluding carboxylic acids is 1. The molecule has 3 atom stereocenters. The van der Waals surface area contributed by atoms with E-state index in [2.05, 4.69) is 25.3 Å². The highest BCUT2D eigenvalue weighted by Crippen LogP contribution is 2.48. The molecular formula is C41H31ClF8N8O4S. The minimum absolute atomic E-state index is 0.00608. The summed E-state index contributed by atoms with van der Waals surface area (Å²) in [5.74, 6) is -11.2. The van der Waals surface area contributed by atoms with Crippen LogP contribution in [0.2, 0.25) is 5.02 Å². The highest BCUT2D eigenvalue weighted by molar-refractivity contribution is 7.92. The van der Waals surface area contributed by atoms with Crippen LogP contribution in [0, 0.1) is 29.2 Å². The molecule has 4 aromatic carbocycles. The molecule has 0 spiro atoms. The first-order chi connectivity index (χ1) is 29.9. The number of alkyl halides is 4. The predicted molar refractivity (Wildman–Crippen MR) is 216 cm³/mol. The molecule has 63 heavy (non-hydrogen) atoms. The molecule has 0 bridgehead atoms. The van der Waals surface area contributed by atoms with E-state index < -0.39 is 112 Å². The van der Waals surface area contributed by atoms with Crippen molar-refractivity contribution in [3.8, 4) is 22.6 Å². The number of aromatic amines is 1. The highest BCUT2D eigenvalue weighted by Gasteiger charge is 2.51. The number of H-pyrrole nitrogens is 1. The quantitative estimate of drug-likeness (QED) is 0.0817. The van der Waals surface area contributed by atoms with Gasteiger partial charge in [-0.15, -0.1) is 0 Å². The molecule has 0 fully saturated rings. The second-order valence-corrected chi connectivity index (χ2v) is 16.3. The second kappa shape index (κ2) is 16.5. The fourth-order valence-electron chi connectivity index (χ4n) is 7.84. The Morgan fingerprint density at radius 3 is 2.40 bits per heavy atom. The number of hydrogen-bond donors (Lipinski definition) is 3. The third-order valence-corrected chi connectivity index (χ3v) is 11.4. The van der Waals surface area contributed by atoms with Gasteiger partial charge in [-0.25, -0.2) is 31.3 Å². The smallest absolute Gasteiger partial charge is 0.292 e. The number of ether oxygens (including phenoxy) is 1. The standard InChI is InChI=1S/C41H31ClF8N8O4S/c1-17-8-24-33(37(47)48)55-57(36(24)41(17,49)50)16-31(59)51-29(11-18-9-21(43)15-22(44)10-18)39-52-28-14-19(20-12-26(45)35(62-2)27(46)13-20)4-5-23(28)40(60)58(39)30-7-6-25(42)32-34(30)53-54-38(32)56-63(3)61/h4-7,9-10,12-15,17,29,37H,8,11,16H2,1-3H3,(H,51,59)(H2,53,54,56). The Kier molecular flexibility index (Phi) is 11.4. The molecule has 8 rings (SSSR count). The normalized spacial score (nSPS) is 15.6. The number of anilines is 1. The van der Waals surface area contributed by atoms with Crippen LogP contribution in [0.5, 0.6) is 5.75 Å². The third-order valence-electron chi connectivity index (χ3n) is 10.6. The SMILES string of the molecule is COc1c(F)cc(-c2ccc3c(=O)n(-c4ccc(Cl)c5c(N[S+](C)[O-])n[nH]c45)c(C(Cc4cc(F)cc(F)c4)NC(=O)Cn4nc(C(F)F)c5c4C(F)(F)C(C)C5)nc3c2)cc1F. The Morgan fingerprint density at radius 1 is 1.05 bits per heavy atom. The summed E-state index contributed by atoms with van der Waals surface area (Å²) >= 11 is 4.92. The van der Waals surface area contributed by atoms with Gasteiger partial charge >= 0.3 is 0 Å². The van der Waals surface area contributed by atoms with Gasteiger partial charge in [-0.2, -0.15) is 23.7 Å². The van der Waals surface area contributed by atoms with E-state index in [1.165, 1.54) is 43.5 Å². The van der Waals surface area contributed by atoms with Gasteiger partial charge in [0.2, 0.25) is 11.7 Å². The lowest BCUT2D eigenvalue weighted by molar-refractivity contribution is -0.123. The van der Waals surface area contributed by atoms with Crippen molar-refractivity contribution >= 4 is 56.5 Å². The summed E-state index contributed by atoms with van der Waals surface area (Å²) in [4.78, 5) is 33.7. The van der Waals surface area contributed by atoms with Crippen LogP contribution in [-0.2, 0) is 41.5 Å². The molecule has 0 saturated heterocycles. The van der Waals surface area contributed by atoms with E-state index in [0.717, 1.165) is 35.9 Å². The maximum absolute atomic E-state index is 15.5. The largest absolute Gasteiger partial charge is 0.593 e. The van der Waals surface area contributed by atoms with E-state index in [0.29, 0.717) is 10.7 Å². The molecule has 7 aromatic rings. The molecular weight excluding hydrogens is 888 g/mol. The predicted octanol–water partition coefficient (Wildman–Crippen LogP) is 8.37. The zero-order valence-electron chi connectivity index (χ0n) is 32.8. The summed E-state index contributed by atoms with van der Waals surface area (Å²) in [6.45, 7) is 0.122. The topological polar surface area (TPSA) is 155 Å². The van der Waals surface area contributed by atoms with Gasteiger partial charge in [-0.3, -0.25) is 23.9 Å². The molecule has 3 unspecified atom stereocenters. The number of nitrogens with one attached hydrogen (secondary N) is 3. The first-order valence-electron chi connectivity index (χ1n) is 18.7. The van der Waals surface area contributed by atoms with Crippen LogP contribution >= 0.6 is 11.6 Å². The van der Waals surface area contributed by atoms with E-state index in [1.807, 2.05) is 0 Å². The average molecular weight is 919 g/mol. The molecule has 1 aliphatic rings. The number of fused-ring (bicyclic) bond motifs is 3. The summed E-state index contributed by atoms with van der Waals surface area (Å²) in [6.07, 6.45) is -2.89.